The normalized spacial score (nSPS) is 21.1. The van der Waals surface area contributed by atoms with Crippen LogP contribution in [0.2, 0.25) is 0 Å². The highest BCUT2D eigenvalue weighted by molar-refractivity contribution is 5.64. The van der Waals surface area contributed by atoms with Gasteiger partial charge < -0.3 is 15.4 Å². The van der Waals surface area contributed by atoms with Crippen molar-refractivity contribution in [2.24, 2.45) is 0 Å². The first-order valence-corrected chi connectivity index (χ1v) is 6.29. The second kappa shape index (κ2) is 5.25. The standard InChI is InChI=1S/C13H21N3O/c1-10-6-4-3-5-9-16(10)13-11(14)7-8-12(15-13)17-2/h7-8,10H,3-6,9,14H2,1-2H3. The molecule has 94 valence electrons. The first kappa shape index (κ1) is 12.0. The zero-order valence-corrected chi connectivity index (χ0v) is 10.6. The molecule has 0 amide bonds. The number of nitrogen functional groups attached to an aromatic ring is 1. The smallest absolute Gasteiger partial charge is 0.215 e. The molecule has 0 aromatic carbocycles. The van der Waals surface area contributed by atoms with Gasteiger partial charge in [0.05, 0.1) is 12.8 Å². The molecule has 4 nitrogen and oxygen atoms in total. The molecule has 1 atom stereocenters. The summed E-state index contributed by atoms with van der Waals surface area (Å²) in [5.41, 5.74) is 6.76. The van der Waals surface area contributed by atoms with Crippen LogP contribution in [0.15, 0.2) is 12.1 Å². The van der Waals surface area contributed by atoms with E-state index in [1.54, 1.807) is 13.2 Å². The van der Waals surface area contributed by atoms with Crippen molar-refractivity contribution in [3.8, 4) is 5.88 Å². The Morgan fingerprint density at radius 3 is 2.94 bits per heavy atom. The zero-order chi connectivity index (χ0) is 12.3. The van der Waals surface area contributed by atoms with Crippen LogP contribution in [-0.4, -0.2) is 24.7 Å². The Balaban J connectivity index is 2.29. The van der Waals surface area contributed by atoms with Crippen LogP contribution in [0.4, 0.5) is 11.5 Å². The fraction of sp³-hybridized carbons (Fsp3) is 0.615. The number of anilines is 2. The van der Waals surface area contributed by atoms with E-state index in [9.17, 15) is 0 Å². The van der Waals surface area contributed by atoms with Crippen molar-refractivity contribution in [2.75, 3.05) is 24.3 Å². The maximum Gasteiger partial charge on any atom is 0.215 e. The van der Waals surface area contributed by atoms with Gasteiger partial charge >= 0.3 is 0 Å². The Morgan fingerprint density at radius 1 is 1.35 bits per heavy atom. The van der Waals surface area contributed by atoms with E-state index in [4.69, 9.17) is 10.5 Å². The summed E-state index contributed by atoms with van der Waals surface area (Å²) < 4.78 is 5.17. The number of aromatic nitrogens is 1. The molecule has 2 N–H and O–H groups in total. The van der Waals surface area contributed by atoms with Crippen LogP contribution in [0.1, 0.15) is 32.6 Å². The summed E-state index contributed by atoms with van der Waals surface area (Å²) in [5.74, 6) is 1.50. The summed E-state index contributed by atoms with van der Waals surface area (Å²) in [6, 6.07) is 4.18. The highest BCUT2D eigenvalue weighted by Gasteiger charge is 2.20. The number of nitrogens with two attached hydrogens (primary N) is 1. The summed E-state index contributed by atoms with van der Waals surface area (Å²) in [5, 5.41) is 0. The van der Waals surface area contributed by atoms with Crippen LogP contribution in [0.3, 0.4) is 0 Å². The first-order valence-electron chi connectivity index (χ1n) is 6.29. The van der Waals surface area contributed by atoms with E-state index in [-0.39, 0.29) is 0 Å². The van der Waals surface area contributed by atoms with Gasteiger partial charge in [-0.3, -0.25) is 0 Å². The summed E-state index contributed by atoms with van der Waals surface area (Å²) in [6.45, 7) is 3.28. The van der Waals surface area contributed by atoms with E-state index in [1.807, 2.05) is 6.07 Å². The highest BCUT2D eigenvalue weighted by atomic mass is 16.5. The maximum absolute atomic E-state index is 6.03. The summed E-state index contributed by atoms with van der Waals surface area (Å²) in [4.78, 5) is 6.80. The average Bonchev–Trinajstić information content (AvgIpc) is 2.55. The lowest BCUT2D eigenvalue weighted by atomic mass is 10.1. The average molecular weight is 235 g/mol. The number of nitrogens with zero attached hydrogens (tertiary/aromatic N) is 2. The predicted octanol–water partition coefficient (Wildman–Crippen LogP) is 2.44. The molecule has 1 fully saturated rings. The molecule has 0 aliphatic carbocycles. The first-order chi connectivity index (χ1) is 8.22. The molecular formula is C13H21N3O. The van der Waals surface area contributed by atoms with Crippen molar-refractivity contribution in [3.63, 3.8) is 0 Å². The Bertz CT molecular complexity index is 381. The van der Waals surface area contributed by atoms with Crippen molar-refractivity contribution < 1.29 is 4.74 Å². The molecular weight excluding hydrogens is 214 g/mol. The molecule has 0 radical (unpaired) electrons. The molecule has 2 rings (SSSR count). The monoisotopic (exact) mass is 235 g/mol. The molecule has 0 bridgehead atoms. The van der Waals surface area contributed by atoms with Crippen molar-refractivity contribution in [1.29, 1.82) is 0 Å². The van der Waals surface area contributed by atoms with E-state index in [0.29, 0.717) is 11.9 Å². The fourth-order valence-electron chi connectivity index (χ4n) is 2.38. The van der Waals surface area contributed by atoms with Crippen LogP contribution >= 0.6 is 0 Å². The van der Waals surface area contributed by atoms with E-state index in [1.165, 1.54) is 25.7 Å². The van der Waals surface area contributed by atoms with Gasteiger partial charge in [-0.2, -0.15) is 4.98 Å². The maximum atomic E-state index is 6.03. The van der Waals surface area contributed by atoms with Gasteiger partial charge in [-0.05, 0) is 25.8 Å². The lowest BCUT2D eigenvalue weighted by molar-refractivity contribution is 0.397. The third-order valence-electron chi connectivity index (χ3n) is 3.41. The minimum atomic E-state index is 0.499. The van der Waals surface area contributed by atoms with Crippen LogP contribution in [-0.2, 0) is 0 Å². The Morgan fingerprint density at radius 2 is 2.18 bits per heavy atom. The van der Waals surface area contributed by atoms with Crippen molar-refractivity contribution in [2.45, 2.75) is 38.6 Å². The summed E-state index contributed by atoms with van der Waals surface area (Å²) >= 11 is 0. The van der Waals surface area contributed by atoms with Crippen LogP contribution in [0.5, 0.6) is 5.88 Å². The topological polar surface area (TPSA) is 51.4 Å². The Labute approximate surface area is 103 Å². The zero-order valence-electron chi connectivity index (χ0n) is 10.6. The van der Waals surface area contributed by atoms with Gasteiger partial charge in [-0.25, -0.2) is 0 Å². The van der Waals surface area contributed by atoms with E-state index in [2.05, 4.69) is 16.8 Å². The Kier molecular flexibility index (Phi) is 3.71. The van der Waals surface area contributed by atoms with Crippen molar-refractivity contribution in [3.05, 3.63) is 12.1 Å². The molecule has 1 aliphatic heterocycles. The molecule has 17 heavy (non-hydrogen) atoms. The van der Waals surface area contributed by atoms with Gasteiger partial charge in [-0.15, -0.1) is 0 Å². The van der Waals surface area contributed by atoms with Gasteiger partial charge in [0.25, 0.3) is 0 Å². The molecule has 1 aliphatic rings. The number of hydrogen-bond acceptors (Lipinski definition) is 4. The van der Waals surface area contributed by atoms with Gasteiger partial charge in [0.2, 0.25) is 5.88 Å². The van der Waals surface area contributed by atoms with Gasteiger partial charge in [-0.1, -0.05) is 12.8 Å². The van der Waals surface area contributed by atoms with Gasteiger partial charge in [0.1, 0.15) is 0 Å². The molecule has 4 heteroatoms. The molecule has 1 saturated heterocycles. The molecule has 1 unspecified atom stereocenters. The second-order valence-electron chi connectivity index (χ2n) is 4.66. The third-order valence-corrected chi connectivity index (χ3v) is 3.41. The van der Waals surface area contributed by atoms with Crippen molar-refractivity contribution in [1.82, 2.24) is 4.98 Å². The quantitative estimate of drug-likeness (QED) is 0.855. The van der Waals surface area contributed by atoms with Crippen LogP contribution in [0.25, 0.3) is 0 Å². The number of methoxy groups -OCH3 is 1. The largest absolute Gasteiger partial charge is 0.481 e. The minimum absolute atomic E-state index is 0.499. The fourth-order valence-corrected chi connectivity index (χ4v) is 2.38. The molecule has 1 aromatic rings. The Hall–Kier alpha value is -1.45. The highest BCUT2D eigenvalue weighted by Crippen LogP contribution is 2.28. The number of ether oxygens (including phenoxy) is 1. The molecule has 1 aromatic heterocycles. The number of pyridine rings is 1. The van der Waals surface area contributed by atoms with Gasteiger partial charge in [0.15, 0.2) is 5.82 Å². The van der Waals surface area contributed by atoms with Crippen molar-refractivity contribution >= 4 is 11.5 Å². The third kappa shape index (κ3) is 2.62. The molecule has 0 saturated carbocycles. The lowest BCUT2D eigenvalue weighted by Gasteiger charge is -2.29. The minimum Gasteiger partial charge on any atom is -0.481 e. The number of hydrogen-bond donors (Lipinski definition) is 1. The van der Waals surface area contributed by atoms with Crippen LogP contribution < -0.4 is 15.4 Å². The number of rotatable bonds is 2. The predicted molar refractivity (Wildman–Crippen MR) is 70.5 cm³/mol. The van der Waals surface area contributed by atoms with E-state index >= 15 is 0 Å². The summed E-state index contributed by atoms with van der Waals surface area (Å²) in [6.07, 6.45) is 5.01. The SMILES string of the molecule is COc1ccc(N)c(N2CCCCCC2C)n1. The second-order valence-corrected chi connectivity index (χ2v) is 4.66. The van der Waals surface area contributed by atoms with E-state index < -0.39 is 0 Å². The van der Waals surface area contributed by atoms with Gasteiger partial charge in [0, 0.05) is 18.7 Å². The van der Waals surface area contributed by atoms with E-state index in [0.717, 1.165) is 18.1 Å². The van der Waals surface area contributed by atoms with Crippen LogP contribution in [0, 0.1) is 0 Å². The summed E-state index contributed by atoms with van der Waals surface area (Å²) in [7, 11) is 1.63. The lowest BCUT2D eigenvalue weighted by Crippen LogP contribution is -2.33. The molecule has 2 heterocycles. The molecule has 0 spiro atoms.